The molecular formula is C16H16BrNO2. The molecule has 0 spiro atoms. The number of ether oxygens (including phenoxy) is 1. The van der Waals surface area contributed by atoms with E-state index in [-0.39, 0.29) is 5.91 Å². The molecule has 0 saturated carbocycles. The lowest BCUT2D eigenvalue weighted by Gasteiger charge is -2.11. The van der Waals surface area contributed by atoms with Crippen molar-refractivity contribution in [2.75, 3.05) is 11.9 Å². The number of para-hydroxylation sites is 2. The molecule has 20 heavy (non-hydrogen) atoms. The van der Waals surface area contributed by atoms with Crippen LogP contribution in [0.2, 0.25) is 0 Å². The van der Waals surface area contributed by atoms with E-state index in [0.29, 0.717) is 24.5 Å². The van der Waals surface area contributed by atoms with E-state index in [0.717, 1.165) is 10.0 Å². The van der Waals surface area contributed by atoms with E-state index in [4.69, 9.17) is 4.74 Å². The molecule has 104 valence electrons. The Hall–Kier alpha value is -1.81. The Bertz CT molecular complexity index is 599. The number of rotatable bonds is 5. The fourth-order valence-corrected chi connectivity index (χ4v) is 2.32. The normalized spacial score (nSPS) is 10.1. The van der Waals surface area contributed by atoms with E-state index < -0.39 is 0 Å². The predicted molar refractivity (Wildman–Crippen MR) is 84.1 cm³/mol. The summed E-state index contributed by atoms with van der Waals surface area (Å²) in [6.07, 6.45) is 0.333. The van der Waals surface area contributed by atoms with Gasteiger partial charge in [0.15, 0.2) is 0 Å². The van der Waals surface area contributed by atoms with E-state index in [9.17, 15) is 4.79 Å². The number of nitrogens with one attached hydrogen (secondary N) is 1. The van der Waals surface area contributed by atoms with E-state index in [2.05, 4.69) is 21.2 Å². The highest BCUT2D eigenvalue weighted by molar-refractivity contribution is 9.10. The van der Waals surface area contributed by atoms with Gasteiger partial charge in [-0.3, -0.25) is 4.79 Å². The number of anilines is 1. The van der Waals surface area contributed by atoms with Gasteiger partial charge in [0.25, 0.3) is 0 Å². The molecular weight excluding hydrogens is 318 g/mol. The van der Waals surface area contributed by atoms with Crippen molar-refractivity contribution in [3.63, 3.8) is 0 Å². The fraction of sp³-hybridized carbons (Fsp3) is 0.188. The van der Waals surface area contributed by atoms with Crippen LogP contribution in [0.15, 0.2) is 53.0 Å². The second-order valence-corrected chi connectivity index (χ2v) is 5.20. The van der Waals surface area contributed by atoms with Crippen LogP contribution < -0.4 is 10.1 Å². The van der Waals surface area contributed by atoms with Gasteiger partial charge in [0.2, 0.25) is 5.91 Å². The number of hydrogen-bond acceptors (Lipinski definition) is 2. The van der Waals surface area contributed by atoms with Crippen LogP contribution in [-0.2, 0) is 11.2 Å². The van der Waals surface area contributed by atoms with Gasteiger partial charge in [-0.25, -0.2) is 0 Å². The van der Waals surface area contributed by atoms with Crippen molar-refractivity contribution in [1.82, 2.24) is 0 Å². The van der Waals surface area contributed by atoms with Crippen LogP contribution in [0.5, 0.6) is 5.75 Å². The van der Waals surface area contributed by atoms with Gasteiger partial charge in [-0.2, -0.15) is 0 Å². The molecule has 0 aliphatic carbocycles. The van der Waals surface area contributed by atoms with Crippen LogP contribution in [0.1, 0.15) is 12.5 Å². The molecule has 0 bridgehead atoms. The number of hydrogen-bond donors (Lipinski definition) is 1. The number of benzene rings is 2. The second-order valence-electron chi connectivity index (χ2n) is 4.28. The molecule has 4 heteroatoms. The third-order valence-electron chi connectivity index (χ3n) is 2.71. The van der Waals surface area contributed by atoms with Gasteiger partial charge >= 0.3 is 0 Å². The highest BCUT2D eigenvalue weighted by Crippen LogP contribution is 2.24. The number of carbonyl (C=O) groups is 1. The first-order valence-corrected chi connectivity index (χ1v) is 7.24. The third-order valence-corrected chi connectivity index (χ3v) is 3.21. The van der Waals surface area contributed by atoms with E-state index in [1.54, 1.807) is 0 Å². The molecule has 0 saturated heterocycles. The van der Waals surface area contributed by atoms with Crippen LogP contribution >= 0.6 is 15.9 Å². The Labute approximate surface area is 127 Å². The monoisotopic (exact) mass is 333 g/mol. The van der Waals surface area contributed by atoms with Gasteiger partial charge in [-0.1, -0.05) is 40.2 Å². The zero-order chi connectivity index (χ0) is 14.4. The highest BCUT2D eigenvalue weighted by atomic mass is 79.9. The van der Waals surface area contributed by atoms with Gasteiger partial charge < -0.3 is 10.1 Å². The van der Waals surface area contributed by atoms with Crippen molar-refractivity contribution < 1.29 is 9.53 Å². The fourth-order valence-electron chi connectivity index (χ4n) is 1.88. The van der Waals surface area contributed by atoms with Crippen LogP contribution in [0.3, 0.4) is 0 Å². The molecule has 1 amide bonds. The third kappa shape index (κ3) is 4.10. The smallest absolute Gasteiger partial charge is 0.228 e. The Morgan fingerprint density at radius 1 is 1.20 bits per heavy atom. The Morgan fingerprint density at radius 3 is 2.75 bits per heavy atom. The largest absolute Gasteiger partial charge is 0.492 e. The summed E-state index contributed by atoms with van der Waals surface area (Å²) in [6, 6.07) is 15.2. The van der Waals surface area contributed by atoms with Crippen molar-refractivity contribution in [3.05, 3.63) is 58.6 Å². The molecule has 0 aromatic heterocycles. The van der Waals surface area contributed by atoms with Gasteiger partial charge in [0.1, 0.15) is 5.75 Å². The van der Waals surface area contributed by atoms with Crippen molar-refractivity contribution in [3.8, 4) is 5.75 Å². The maximum atomic E-state index is 12.1. The maximum absolute atomic E-state index is 12.1. The molecule has 2 aromatic rings. The molecule has 0 heterocycles. The molecule has 0 fully saturated rings. The zero-order valence-corrected chi connectivity index (χ0v) is 12.8. The summed E-state index contributed by atoms with van der Waals surface area (Å²) in [7, 11) is 0. The Morgan fingerprint density at radius 2 is 2.00 bits per heavy atom. The molecule has 0 radical (unpaired) electrons. The summed E-state index contributed by atoms with van der Waals surface area (Å²) in [5.41, 5.74) is 1.67. The first-order chi connectivity index (χ1) is 9.69. The summed E-state index contributed by atoms with van der Waals surface area (Å²) in [5, 5.41) is 2.88. The summed E-state index contributed by atoms with van der Waals surface area (Å²) >= 11 is 3.40. The number of halogens is 1. The molecule has 2 rings (SSSR count). The minimum Gasteiger partial charge on any atom is -0.492 e. The van der Waals surface area contributed by atoms with Crippen molar-refractivity contribution >= 4 is 27.5 Å². The van der Waals surface area contributed by atoms with E-state index >= 15 is 0 Å². The topological polar surface area (TPSA) is 38.3 Å². The van der Waals surface area contributed by atoms with Crippen LogP contribution in [0.4, 0.5) is 5.69 Å². The average Bonchev–Trinajstić information content (AvgIpc) is 2.41. The lowest BCUT2D eigenvalue weighted by Crippen LogP contribution is -2.15. The van der Waals surface area contributed by atoms with Crippen molar-refractivity contribution in [2.45, 2.75) is 13.3 Å². The van der Waals surface area contributed by atoms with Gasteiger partial charge in [-0.15, -0.1) is 0 Å². The summed E-state index contributed by atoms with van der Waals surface area (Å²) in [6.45, 7) is 2.48. The molecule has 0 aliphatic heterocycles. The summed E-state index contributed by atoms with van der Waals surface area (Å²) < 4.78 is 6.45. The number of amides is 1. The number of carbonyl (C=O) groups excluding carboxylic acids is 1. The van der Waals surface area contributed by atoms with Crippen LogP contribution in [0.25, 0.3) is 0 Å². The predicted octanol–water partition coefficient (Wildman–Crippen LogP) is 4.03. The summed E-state index contributed by atoms with van der Waals surface area (Å²) in [5.74, 6) is 0.632. The van der Waals surface area contributed by atoms with Crippen LogP contribution in [-0.4, -0.2) is 12.5 Å². The molecule has 2 aromatic carbocycles. The average molecular weight is 334 g/mol. The first kappa shape index (κ1) is 14.6. The van der Waals surface area contributed by atoms with Crippen LogP contribution in [0, 0.1) is 0 Å². The molecule has 0 atom stereocenters. The lowest BCUT2D eigenvalue weighted by atomic mass is 10.1. The minimum absolute atomic E-state index is 0.0600. The molecule has 0 unspecified atom stereocenters. The van der Waals surface area contributed by atoms with Gasteiger partial charge in [-0.05, 0) is 36.8 Å². The zero-order valence-electron chi connectivity index (χ0n) is 11.2. The molecule has 1 N–H and O–H groups in total. The highest BCUT2D eigenvalue weighted by Gasteiger charge is 2.08. The molecule has 0 aliphatic rings. The Balaban J connectivity index is 2.05. The maximum Gasteiger partial charge on any atom is 0.228 e. The van der Waals surface area contributed by atoms with Crippen molar-refractivity contribution in [1.29, 1.82) is 0 Å². The van der Waals surface area contributed by atoms with Crippen molar-refractivity contribution in [2.24, 2.45) is 0 Å². The SMILES string of the molecule is CCOc1ccccc1NC(=O)Cc1cccc(Br)c1. The second kappa shape index (κ2) is 7.10. The molecule has 3 nitrogen and oxygen atoms in total. The van der Waals surface area contributed by atoms with Gasteiger partial charge in [0, 0.05) is 4.47 Å². The lowest BCUT2D eigenvalue weighted by molar-refractivity contribution is -0.115. The standard InChI is InChI=1S/C16H16BrNO2/c1-2-20-15-9-4-3-8-14(15)18-16(19)11-12-6-5-7-13(17)10-12/h3-10H,2,11H2,1H3,(H,18,19). The minimum atomic E-state index is -0.0600. The van der Waals surface area contributed by atoms with E-state index in [1.165, 1.54) is 0 Å². The first-order valence-electron chi connectivity index (χ1n) is 6.45. The Kier molecular flexibility index (Phi) is 5.18. The quantitative estimate of drug-likeness (QED) is 0.897. The van der Waals surface area contributed by atoms with Gasteiger partial charge in [0.05, 0.1) is 18.7 Å². The summed E-state index contributed by atoms with van der Waals surface area (Å²) in [4.78, 5) is 12.1. The van der Waals surface area contributed by atoms with E-state index in [1.807, 2.05) is 55.5 Å².